The van der Waals surface area contributed by atoms with Gasteiger partial charge in [0, 0.05) is 22.9 Å². The molecule has 0 bridgehead atoms. The summed E-state index contributed by atoms with van der Waals surface area (Å²) in [6.07, 6.45) is 1.80. The molecule has 86 valence electrons. The second-order valence-corrected chi connectivity index (χ2v) is 6.34. The molecule has 0 aliphatic rings. The van der Waals surface area contributed by atoms with Crippen LogP contribution in [0, 0.1) is 6.92 Å². The summed E-state index contributed by atoms with van der Waals surface area (Å²) in [5.74, 6) is 0.304. The zero-order valence-corrected chi connectivity index (χ0v) is 10.3. The van der Waals surface area contributed by atoms with E-state index < -0.39 is 9.84 Å². The molecule has 1 aromatic carbocycles. The SMILES string of the molecule is CCS(=O)(=O)Cc1c[nH]c2c(C)cccc12. The van der Waals surface area contributed by atoms with Gasteiger partial charge in [-0.05, 0) is 18.1 Å². The molecule has 0 unspecified atom stereocenters. The maximum absolute atomic E-state index is 11.6. The Balaban J connectivity index is 2.51. The van der Waals surface area contributed by atoms with Crippen molar-refractivity contribution < 1.29 is 8.42 Å². The summed E-state index contributed by atoms with van der Waals surface area (Å²) in [5, 5.41) is 1.01. The number of aromatic nitrogens is 1. The lowest BCUT2D eigenvalue weighted by atomic mass is 10.1. The first-order chi connectivity index (χ1) is 7.53. The van der Waals surface area contributed by atoms with Crippen LogP contribution in [0.3, 0.4) is 0 Å². The van der Waals surface area contributed by atoms with E-state index in [1.165, 1.54) is 0 Å². The normalized spacial score (nSPS) is 12.1. The van der Waals surface area contributed by atoms with Gasteiger partial charge in [0.25, 0.3) is 0 Å². The van der Waals surface area contributed by atoms with Crippen molar-refractivity contribution >= 4 is 20.7 Å². The number of H-pyrrole nitrogens is 1. The van der Waals surface area contributed by atoms with Gasteiger partial charge in [0.2, 0.25) is 0 Å². The van der Waals surface area contributed by atoms with Crippen LogP contribution in [0.4, 0.5) is 0 Å². The highest BCUT2D eigenvalue weighted by molar-refractivity contribution is 7.90. The number of rotatable bonds is 3. The molecule has 1 aromatic heterocycles. The minimum absolute atomic E-state index is 0.118. The minimum atomic E-state index is -2.97. The highest BCUT2D eigenvalue weighted by Crippen LogP contribution is 2.22. The number of para-hydroxylation sites is 1. The summed E-state index contributed by atoms with van der Waals surface area (Å²) in [5.41, 5.74) is 3.03. The predicted octanol–water partition coefficient (Wildman–Crippen LogP) is 2.41. The Labute approximate surface area is 95.4 Å². The number of benzene rings is 1. The number of hydrogen-bond acceptors (Lipinski definition) is 2. The fourth-order valence-corrected chi connectivity index (χ4v) is 2.74. The van der Waals surface area contributed by atoms with Crippen LogP contribution in [0.1, 0.15) is 18.1 Å². The second-order valence-electron chi connectivity index (χ2n) is 3.99. The molecule has 4 heteroatoms. The highest BCUT2D eigenvalue weighted by Gasteiger charge is 2.13. The Morgan fingerprint density at radius 1 is 1.31 bits per heavy atom. The third-order valence-corrected chi connectivity index (χ3v) is 4.46. The van der Waals surface area contributed by atoms with Crippen molar-refractivity contribution in [3.63, 3.8) is 0 Å². The number of sulfone groups is 1. The predicted molar refractivity (Wildman–Crippen MR) is 66.2 cm³/mol. The Kier molecular flexibility index (Phi) is 2.76. The quantitative estimate of drug-likeness (QED) is 0.891. The van der Waals surface area contributed by atoms with Gasteiger partial charge in [0.1, 0.15) is 0 Å². The Morgan fingerprint density at radius 3 is 2.75 bits per heavy atom. The second kappa shape index (κ2) is 3.94. The van der Waals surface area contributed by atoms with Gasteiger partial charge in [0.15, 0.2) is 9.84 Å². The van der Waals surface area contributed by atoms with Crippen LogP contribution in [0.25, 0.3) is 10.9 Å². The molecule has 3 nitrogen and oxygen atoms in total. The van der Waals surface area contributed by atoms with E-state index in [-0.39, 0.29) is 11.5 Å². The van der Waals surface area contributed by atoms with Gasteiger partial charge in [0.05, 0.1) is 5.75 Å². The maximum Gasteiger partial charge on any atom is 0.154 e. The average Bonchev–Trinajstić information content (AvgIpc) is 2.63. The molecule has 16 heavy (non-hydrogen) atoms. The lowest BCUT2D eigenvalue weighted by molar-refractivity contribution is 0.596. The molecule has 0 saturated carbocycles. The van der Waals surface area contributed by atoms with Crippen LogP contribution in [0.15, 0.2) is 24.4 Å². The molecule has 0 saturated heterocycles. The Bertz CT molecular complexity index is 611. The van der Waals surface area contributed by atoms with Gasteiger partial charge in [-0.25, -0.2) is 8.42 Å². The van der Waals surface area contributed by atoms with Crippen LogP contribution in [-0.4, -0.2) is 19.2 Å². The van der Waals surface area contributed by atoms with Gasteiger partial charge in [-0.2, -0.15) is 0 Å². The van der Waals surface area contributed by atoms with Crippen molar-refractivity contribution in [2.75, 3.05) is 5.75 Å². The van der Waals surface area contributed by atoms with E-state index in [9.17, 15) is 8.42 Å². The van der Waals surface area contributed by atoms with Gasteiger partial charge in [-0.3, -0.25) is 0 Å². The summed E-state index contributed by atoms with van der Waals surface area (Å²) < 4.78 is 23.2. The van der Waals surface area contributed by atoms with Crippen LogP contribution in [0.5, 0.6) is 0 Å². The van der Waals surface area contributed by atoms with E-state index in [0.717, 1.165) is 22.0 Å². The largest absolute Gasteiger partial charge is 0.361 e. The third kappa shape index (κ3) is 1.97. The molecule has 0 aliphatic carbocycles. The molecule has 0 spiro atoms. The maximum atomic E-state index is 11.6. The lowest BCUT2D eigenvalue weighted by Crippen LogP contribution is -2.05. The summed E-state index contributed by atoms with van der Waals surface area (Å²) in [4.78, 5) is 3.14. The van der Waals surface area contributed by atoms with Crippen LogP contribution in [-0.2, 0) is 15.6 Å². The molecular formula is C12H15NO2S. The molecule has 1 heterocycles. The average molecular weight is 237 g/mol. The van der Waals surface area contributed by atoms with Gasteiger partial charge in [-0.15, -0.1) is 0 Å². The molecule has 0 fully saturated rings. The third-order valence-electron chi connectivity index (χ3n) is 2.82. The molecule has 1 N–H and O–H groups in total. The molecule has 0 aliphatic heterocycles. The van der Waals surface area contributed by atoms with Crippen molar-refractivity contribution in [1.82, 2.24) is 4.98 Å². The number of nitrogens with one attached hydrogen (secondary N) is 1. The molecule has 0 atom stereocenters. The smallest absolute Gasteiger partial charge is 0.154 e. The first-order valence-corrected chi connectivity index (χ1v) is 7.11. The standard InChI is InChI=1S/C12H15NO2S/c1-3-16(14,15)8-10-7-13-12-9(2)5-4-6-11(10)12/h4-7,13H,3,8H2,1-2H3. The first-order valence-electron chi connectivity index (χ1n) is 5.29. The van der Waals surface area contributed by atoms with Crippen LogP contribution < -0.4 is 0 Å². The zero-order chi connectivity index (χ0) is 11.8. The molecule has 0 radical (unpaired) electrons. The van der Waals surface area contributed by atoms with Crippen molar-refractivity contribution in [3.05, 3.63) is 35.5 Å². The highest BCUT2D eigenvalue weighted by atomic mass is 32.2. The molecule has 0 amide bonds. The summed E-state index contributed by atoms with van der Waals surface area (Å²) in [7, 11) is -2.97. The van der Waals surface area contributed by atoms with E-state index in [4.69, 9.17) is 0 Å². The lowest BCUT2D eigenvalue weighted by Gasteiger charge is -2.00. The molecular weight excluding hydrogens is 222 g/mol. The van der Waals surface area contributed by atoms with E-state index in [0.29, 0.717) is 0 Å². The van der Waals surface area contributed by atoms with Gasteiger partial charge < -0.3 is 4.98 Å². The van der Waals surface area contributed by atoms with Crippen molar-refractivity contribution in [1.29, 1.82) is 0 Å². The topological polar surface area (TPSA) is 49.9 Å². The Morgan fingerprint density at radius 2 is 2.06 bits per heavy atom. The zero-order valence-electron chi connectivity index (χ0n) is 9.45. The van der Waals surface area contributed by atoms with Gasteiger partial charge >= 0.3 is 0 Å². The monoisotopic (exact) mass is 237 g/mol. The summed E-state index contributed by atoms with van der Waals surface area (Å²) >= 11 is 0. The minimum Gasteiger partial charge on any atom is -0.361 e. The van der Waals surface area contributed by atoms with E-state index >= 15 is 0 Å². The first kappa shape index (κ1) is 11.2. The fourth-order valence-electron chi connectivity index (χ4n) is 1.82. The van der Waals surface area contributed by atoms with E-state index in [1.807, 2.05) is 25.1 Å². The number of hydrogen-bond donors (Lipinski definition) is 1. The number of fused-ring (bicyclic) bond motifs is 1. The summed E-state index contributed by atoms with van der Waals surface area (Å²) in [6.45, 7) is 3.69. The molecule has 2 aromatic rings. The van der Waals surface area contributed by atoms with Crippen molar-refractivity contribution in [3.8, 4) is 0 Å². The number of aromatic amines is 1. The van der Waals surface area contributed by atoms with E-state index in [2.05, 4.69) is 4.98 Å². The Hall–Kier alpha value is -1.29. The molecule has 2 rings (SSSR count). The van der Waals surface area contributed by atoms with Crippen LogP contribution in [0.2, 0.25) is 0 Å². The fraction of sp³-hybridized carbons (Fsp3) is 0.333. The van der Waals surface area contributed by atoms with Crippen molar-refractivity contribution in [2.24, 2.45) is 0 Å². The van der Waals surface area contributed by atoms with Crippen molar-refractivity contribution in [2.45, 2.75) is 19.6 Å². The summed E-state index contributed by atoms with van der Waals surface area (Å²) in [6, 6.07) is 5.92. The van der Waals surface area contributed by atoms with Gasteiger partial charge in [-0.1, -0.05) is 25.1 Å². The van der Waals surface area contributed by atoms with Crippen LogP contribution >= 0.6 is 0 Å². The van der Waals surface area contributed by atoms with E-state index in [1.54, 1.807) is 13.1 Å². The number of aryl methyl sites for hydroxylation is 1.